The van der Waals surface area contributed by atoms with Gasteiger partial charge in [0.15, 0.2) is 5.82 Å². The summed E-state index contributed by atoms with van der Waals surface area (Å²) in [4.78, 5) is 13.4. The van der Waals surface area contributed by atoms with E-state index in [0.717, 1.165) is 0 Å². The zero-order valence-electron chi connectivity index (χ0n) is 6.96. The zero-order valence-corrected chi connectivity index (χ0v) is 9.23. The second-order valence-corrected chi connectivity index (χ2v) is 4.72. The van der Waals surface area contributed by atoms with Crippen LogP contribution in [-0.2, 0) is 10.1 Å². The maximum atomic E-state index is 12.3. The highest BCUT2D eigenvalue weighted by Gasteiger charge is 2.43. The van der Waals surface area contributed by atoms with Crippen molar-refractivity contribution >= 4 is 40.8 Å². The zero-order chi connectivity index (χ0) is 12.7. The fraction of sp³-hybridized carbons (Fsp3) is 0.400. The Morgan fingerprint density at radius 3 is 2.06 bits per heavy atom. The molecule has 1 heterocycles. The Bertz CT molecular complexity index is 393. The normalized spacial score (nSPS) is 12.9. The third-order valence-corrected chi connectivity index (χ3v) is 1.80. The van der Waals surface area contributed by atoms with Crippen LogP contribution in [0.1, 0.15) is 16.4 Å². The Hall–Kier alpha value is -0.730. The molecule has 1 aromatic rings. The predicted molar refractivity (Wildman–Crippen MR) is 47.5 cm³/mol. The quantitative estimate of drug-likeness (QED) is 0.808. The van der Waals surface area contributed by atoms with Crippen molar-refractivity contribution in [1.82, 2.24) is 14.8 Å². The number of aromatic nitrogens is 3. The van der Waals surface area contributed by atoms with Crippen LogP contribution in [0.25, 0.3) is 0 Å². The molecule has 90 valence electrons. The topological polar surface area (TPSA) is 68.0 Å². The van der Waals surface area contributed by atoms with Gasteiger partial charge in [-0.15, -0.1) is 18.3 Å². The SMILES string of the molecule is O=C(O)c1nc(C(Cl)(Cl)Cl)n(C(F)(F)F)n1. The van der Waals surface area contributed by atoms with Gasteiger partial charge < -0.3 is 5.11 Å². The summed E-state index contributed by atoms with van der Waals surface area (Å²) in [6, 6.07) is 0. The summed E-state index contributed by atoms with van der Waals surface area (Å²) in [5.74, 6) is -4.01. The fourth-order valence-corrected chi connectivity index (χ4v) is 1.13. The number of halogens is 6. The molecule has 0 saturated heterocycles. The van der Waals surface area contributed by atoms with Crippen molar-refractivity contribution in [2.45, 2.75) is 10.1 Å². The highest BCUT2D eigenvalue weighted by atomic mass is 35.6. The summed E-state index contributed by atoms with van der Waals surface area (Å²) in [6.45, 7) is 0. The molecule has 0 amide bonds. The van der Waals surface area contributed by atoms with E-state index in [2.05, 4.69) is 10.1 Å². The van der Waals surface area contributed by atoms with Crippen LogP contribution in [0.15, 0.2) is 0 Å². The van der Waals surface area contributed by atoms with E-state index >= 15 is 0 Å². The third-order valence-electron chi connectivity index (χ3n) is 1.29. The van der Waals surface area contributed by atoms with Crippen molar-refractivity contribution in [3.63, 3.8) is 0 Å². The Labute approximate surface area is 101 Å². The number of nitrogens with zero attached hydrogens (tertiary/aromatic N) is 3. The molecule has 1 N–H and O–H groups in total. The van der Waals surface area contributed by atoms with Crippen LogP contribution in [0.2, 0.25) is 0 Å². The molecule has 0 bridgehead atoms. The first-order valence-corrected chi connectivity index (χ1v) is 4.51. The standard InChI is InChI=1S/C5HCl3F3N3O2/c6-4(7,8)3-12-1(2(15)16)13-14(3)5(9,10)11/h(H,15,16). The molecule has 0 spiro atoms. The van der Waals surface area contributed by atoms with Gasteiger partial charge in [0.1, 0.15) is 0 Å². The molecular formula is C5HCl3F3N3O2. The van der Waals surface area contributed by atoms with Gasteiger partial charge in [0.25, 0.3) is 5.82 Å². The first-order chi connectivity index (χ1) is 7.03. The van der Waals surface area contributed by atoms with Crippen LogP contribution in [0, 0.1) is 0 Å². The first-order valence-electron chi connectivity index (χ1n) is 3.38. The second-order valence-electron chi connectivity index (χ2n) is 2.44. The molecule has 0 aliphatic carbocycles. The molecule has 5 nitrogen and oxygen atoms in total. The van der Waals surface area contributed by atoms with Gasteiger partial charge in [-0.2, -0.15) is 4.68 Å². The van der Waals surface area contributed by atoms with E-state index in [4.69, 9.17) is 39.9 Å². The highest BCUT2D eigenvalue weighted by Crippen LogP contribution is 2.39. The van der Waals surface area contributed by atoms with Crippen LogP contribution in [0.5, 0.6) is 0 Å². The fourth-order valence-electron chi connectivity index (χ4n) is 0.763. The van der Waals surface area contributed by atoms with E-state index in [-0.39, 0.29) is 0 Å². The summed E-state index contributed by atoms with van der Waals surface area (Å²) >= 11 is 15.6. The van der Waals surface area contributed by atoms with Crippen molar-refractivity contribution in [3.05, 3.63) is 11.6 Å². The molecule has 0 radical (unpaired) electrons. The summed E-state index contributed by atoms with van der Waals surface area (Å²) in [7, 11) is 0. The number of hydrogen-bond acceptors (Lipinski definition) is 3. The number of alkyl halides is 6. The van der Waals surface area contributed by atoms with Crippen molar-refractivity contribution in [2.75, 3.05) is 0 Å². The van der Waals surface area contributed by atoms with E-state index in [9.17, 15) is 18.0 Å². The van der Waals surface area contributed by atoms with Crippen molar-refractivity contribution in [2.24, 2.45) is 0 Å². The lowest BCUT2D eigenvalue weighted by Crippen LogP contribution is -2.24. The summed E-state index contributed by atoms with van der Waals surface area (Å²) in [5.41, 5.74) is 0. The lowest BCUT2D eigenvalue weighted by atomic mass is 10.6. The van der Waals surface area contributed by atoms with Gasteiger partial charge in [0, 0.05) is 0 Å². The summed E-state index contributed by atoms with van der Waals surface area (Å²) in [5, 5.41) is 11.1. The van der Waals surface area contributed by atoms with E-state index < -0.39 is 32.4 Å². The molecule has 0 aromatic carbocycles. The molecule has 11 heteroatoms. The molecule has 0 fully saturated rings. The molecule has 0 unspecified atom stereocenters. The number of rotatable bonds is 1. The van der Waals surface area contributed by atoms with Gasteiger partial charge in [-0.05, 0) is 0 Å². The van der Waals surface area contributed by atoms with Gasteiger partial charge in [-0.3, -0.25) is 0 Å². The van der Waals surface area contributed by atoms with Gasteiger partial charge in [0.2, 0.25) is 3.79 Å². The minimum atomic E-state index is -5.03. The number of aromatic carboxylic acids is 1. The Kier molecular flexibility index (Phi) is 3.28. The van der Waals surface area contributed by atoms with Crippen LogP contribution in [0.3, 0.4) is 0 Å². The Balaban J connectivity index is 3.41. The lowest BCUT2D eigenvalue weighted by Gasteiger charge is -2.13. The van der Waals surface area contributed by atoms with Crippen LogP contribution in [0.4, 0.5) is 13.2 Å². The molecule has 0 aliphatic heterocycles. The molecule has 1 rings (SSSR count). The molecular weight excluding hydrogens is 297 g/mol. The molecule has 16 heavy (non-hydrogen) atoms. The van der Waals surface area contributed by atoms with Gasteiger partial charge in [-0.1, -0.05) is 34.8 Å². The average Bonchev–Trinajstić information content (AvgIpc) is 2.44. The summed E-state index contributed by atoms with van der Waals surface area (Å²) < 4.78 is 33.8. The largest absolute Gasteiger partial charge is 0.506 e. The maximum absolute atomic E-state index is 12.3. The van der Waals surface area contributed by atoms with Gasteiger partial charge in [-0.25, -0.2) is 9.78 Å². The Morgan fingerprint density at radius 2 is 1.81 bits per heavy atom. The van der Waals surface area contributed by atoms with E-state index in [1.807, 2.05) is 0 Å². The monoisotopic (exact) mass is 297 g/mol. The average molecular weight is 298 g/mol. The van der Waals surface area contributed by atoms with Crippen LogP contribution >= 0.6 is 34.8 Å². The second kappa shape index (κ2) is 3.94. The third kappa shape index (κ3) is 2.69. The highest BCUT2D eigenvalue weighted by molar-refractivity contribution is 6.66. The Morgan fingerprint density at radius 1 is 1.31 bits per heavy atom. The minimum absolute atomic E-state index is 0.705. The maximum Gasteiger partial charge on any atom is 0.506 e. The van der Waals surface area contributed by atoms with Crippen molar-refractivity contribution in [1.29, 1.82) is 0 Å². The molecule has 0 saturated carbocycles. The molecule has 0 aliphatic rings. The van der Waals surface area contributed by atoms with Crippen LogP contribution < -0.4 is 0 Å². The van der Waals surface area contributed by atoms with Crippen molar-refractivity contribution in [3.8, 4) is 0 Å². The molecule has 1 aromatic heterocycles. The lowest BCUT2D eigenvalue weighted by molar-refractivity contribution is -0.214. The van der Waals surface area contributed by atoms with Gasteiger partial charge >= 0.3 is 12.3 Å². The van der Waals surface area contributed by atoms with E-state index in [1.54, 1.807) is 0 Å². The van der Waals surface area contributed by atoms with Crippen LogP contribution in [-0.4, -0.2) is 25.8 Å². The van der Waals surface area contributed by atoms with E-state index in [1.165, 1.54) is 0 Å². The summed E-state index contributed by atoms with van der Waals surface area (Å²) in [6.07, 6.45) is -5.03. The van der Waals surface area contributed by atoms with E-state index in [0.29, 0.717) is 0 Å². The number of carboxylic acid groups (broad SMARTS) is 1. The number of carboxylic acids is 1. The predicted octanol–water partition coefficient (Wildman–Crippen LogP) is 2.28. The molecule has 0 atom stereocenters. The number of carbonyl (C=O) groups is 1. The van der Waals surface area contributed by atoms with Crippen molar-refractivity contribution < 1.29 is 23.1 Å². The van der Waals surface area contributed by atoms with Gasteiger partial charge in [0.05, 0.1) is 0 Å². The smallest absolute Gasteiger partial charge is 0.475 e. The number of hydrogen-bond donors (Lipinski definition) is 1. The first kappa shape index (κ1) is 13.3. The minimum Gasteiger partial charge on any atom is -0.475 e.